The second-order valence-electron chi connectivity index (χ2n) is 8.01. The molecule has 1 atom stereocenters. The van der Waals surface area contributed by atoms with Gasteiger partial charge in [-0.2, -0.15) is 0 Å². The number of aryl methyl sites for hydroxylation is 2. The number of carbonyl (C=O) groups excluding carboxylic acids is 2. The number of likely N-dealkylation sites (tertiary alicyclic amines) is 1. The van der Waals surface area contributed by atoms with Crippen LogP contribution in [0.5, 0.6) is 11.5 Å². The first-order valence-electron chi connectivity index (χ1n) is 10.4. The summed E-state index contributed by atoms with van der Waals surface area (Å²) in [4.78, 5) is 31.7. The first-order valence-corrected chi connectivity index (χ1v) is 10.4. The number of hydrogen-bond donors (Lipinski definition) is 2. The van der Waals surface area contributed by atoms with E-state index in [1.807, 2.05) is 6.92 Å². The average Bonchev–Trinajstić information content (AvgIpc) is 3.06. The summed E-state index contributed by atoms with van der Waals surface area (Å²) in [6.07, 6.45) is 3.23. The molecule has 0 bridgehead atoms. The molecule has 1 aliphatic heterocycles. The van der Waals surface area contributed by atoms with E-state index in [-0.39, 0.29) is 23.6 Å². The van der Waals surface area contributed by atoms with Crippen LogP contribution in [-0.2, 0) is 16.1 Å². The number of nitrogens with zero attached hydrogens (tertiary/aromatic N) is 2. The first-order chi connectivity index (χ1) is 15.8. The number of methoxy groups -OCH3 is 1. The van der Waals surface area contributed by atoms with E-state index in [0.717, 1.165) is 11.1 Å². The van der Waals surface area contributed by atoms with Crippen molar-refractivity contribution in [3.05, 3.63) is 94.3 Å². The maximum Gasteiger partial charge on any atom is 0.295 e. The van der Waals surface area contributed by atoms with Crippen molar-refractivity contribution in [3.63, 3.8) is 0 Å². The van der Waals surface area contributed by atoms with Crippen LogP contribution >= 0.6 is 0 Å². The van der Waals surface area contributed by atoms with E-state index in [9.17, 15) is 19.8 Å². The van der Waals surface area contributed by atoms with Crippen LogP contribution in [0, 0.1) is 13.8 Å². The predicted octanol–water partition coefficient (Wildman–Crippen LogP) is 4.03. The second-order valence-corrected chi connectivity index (χ2v) is 8.01. The number of hydrogen-bond acceptors (Lipinski definition) is 6. The van der Waals surface area contributed by atoms with Crippen molar-refractivity contribution >= 4 is 17.4 Å². The van der Waals surface area contributed by atoms with Crippen molar-refractivity contribution in [2.45, 2.75) is 26.4 Å². The normalized spacial score (nSPS) is 17.4. The Morgan fingerprint density at radius 2 is 1.70 bits per heavy atom. The molecular formula is C26H24N2O5. The summed E-state index contributed by atoms with van der Waals surface area (Å²) < 4.78 is 5.35. The maximum atomic E-state index is 13.2. The molecule has 1 fully saturated rings. The Labute approximate surface area is 191 Å². The minimum Gasteiger partial charge on any atom is -0.508 e. The Kier molecular flexibility index (Phi) is 5.87. The molecule has 1 saturated heterocycles. The van der Waals surface area contributed by atoms with Gasteiger partial charge in [0.05, 0.1) is 18.7 Å². The highest BCUT2D eigenvalue weighted by molar-refractivity contribution is 6.46. The van der Waals surface area contributed by atoms with Gasteiger partial charge >= 0.3 is 0 Å². The summed E-state index contributed by atoms with van der Waals surface area (Å²) in [7, 11) is 1.57. The molecule has 0 saturated carbocycles. The Hall–Kier alpha value is -4.13. The topological polar surface area (TPSA) is 100.0 Å². The molecular weight excluding hydrogens is 420 g/mol. The van der Waals surface area contributed by atoms with Crippen LogP contribution in [0.15, 0.2) is 66.5 Å². The van der Waals surface area contributed by atoms with E-state index in [1.54, 1.807) is 62.8 Å². The number of aromatic nitrogens is 1. The Balaban J connectivity index is 1.89. The van der Waals surface area contributed by atoms with Crippen LogP contribution in [0.3, 0.4) is 0 Å². The molecule has 33 heavy (non-hydrogen) atoms. The zero-order valence-electron chi connectivity index (χ0n) is 18.6. The quantitative estimate of drug-likeness (QED) is 0.350. The summed E-state index contributed by atoms with van der Waals surface area (Å²) in [6.45, 7) is 3.81. The second kappa shape index (κ2) is 8.78. The molecule has 7 heteroatoms. The molecule has 0 spiro atoms. The average molecular weight is 444 g/mol. The number of phenolic OH excluding ortho intramolecular Hbond substituents is 1. The molecule has 1 aliphatic rings. The summed E-state index contributed by atoms with van der Waals surface area (Å²) in [5, 5.41) is 21.1. The van der Waals surface area contributed by atoms with Gasteiger partial charge < -0.3 is 19.8 Å². The third-order valence-corrected chi connectivity index (χ3v) is 5.85. The third-order valence-electron chi connectivity index (χ3n) is 5.85. The predicted molar refractivity (Wildman–Crippen MR) is 123 cm³/mol. The number of pyridine rings is 1. The highest BCUT2D eigenvalue weighted by Crippen LogP contribution is 2.41. The molecule has 0 aliphatic carbocycles. The van der Waals surface area contributed by atoms with Gasteiger partial charge in [0.25, 0.3) is 11.7 Å². The molecule has 2 heterocycles. The lowest BCUT2D eigenvalue weighted by Gasteiger charge is -2.25. The van der Waals surface area contributed by atoms with Gasteiger partial charge in [0.2, 0.25) is 0 Å². The molecule has 168 valence electrons. The standard InChI is InChI=1S/C26H24N2O5/c1-15-13-21(33-3)16(2)12-20(15)24(30)22-23(18-4-6-19(29)7-5-18)28(26(32)25(22)31)14-17-8-10-27-11-9-17/h4-13,23,29-30H,14H2,1-3H3/b24-22+. The monoisotopic (exact) mass is 444 g/mol. The molecule has 7 nitrogen and oxygen atoms in total. The Morgan fingerprint density at radius 3 is 2.33 bits per heavy atom. The van der Waals surface area contributed by atoms with Gasteiger partial charge in [0.15, 0.2) is 0 Å². The number of benzene rings is 2. The lowest BCUT2D eigenvalue weighted by Crippen LogP contribution is -2.29. The number of Topliss-reactive ketones (excluding diaryl/α,β-unsaturated/α-hetero) is 1. The van der Waals surface area contributed by atoms with Crippen molar-refractivity contribution in [2.75, 3.05) is 7.11 Å². The van der Waals surface area contributed by atoms with Gasteiger partial charge in [-0.3, -0.25) is 14.6 Å². The van der Waals surface area contributed by atoms with E-state index >= 15 is 0 Å². The third kappa shape index (κ3) is 4.05. The Morgan fingerprint density at radius 1 is 1.03 bits per heavy atom. The number of amides is 1. The summed E-state index contributed by atoms with van der Waals surface area (Å²) >= 11 is 0. The number of carbonyl (C=O) groups is 2. The van der Waals surface area contributed by atoms with E-state index in [4.69, 9.17) is 4.74 Å². The molecule has 4 rings (SSSR count). The smallest absolute Gasteiger partial charge is 0.295 e. The van der Waals surface area contributed by atoms with Crippen molar-refractivity contribution < 1.29 is 24.5 Å². The number of aliphatic hydroxyl groups is 1. The van der Waals surface area contributed by atoms with Crippen LogP contribution in [0.2, 0.25) is 0 Å². The first kappa shape index (κ1) is 22.1. The number of ether oxygens (including phenoxy) is 1. The van der Waals surface area contributed by atoms with Crippen molar-refractivity contribution in [3.8, 4) is 11.5 Å². The van der Waals surface area contributed by atoms with Crippen LogP contribution in [0.1, 0.15) is 33.9 Å². The minimum absolute atomic E-state index is 0.00686. The van der Waals surface area contributed by atoms with Gasteiger partial charge in [-0.1, -0.05) is 12.1 Å². The zero-order chi connectivity index (χ0) is 23.7. The lowest BCUT2D eigenvalue weighted by atomic mass is 9.93. The summed E-state index contributed by atoms with van der Waals surface area (Å²) in [5.41, 5.74) is 3.36. The maximum absolute atomic E-state index is 13.2. The van der Waals surface area contributed by atoms with Gasteiger partial charge in [-0.25, -0.2) is 0 Å². The van der Waals surface area contributed by atoms with E-state index < -0.39 is 17.7 Å². The highest BCUT2D eigenvalue weighted by atomic mass is 16.5. The SMILES string of the molecule is COc1cc(C)c(/C(O)=C2\C(=O)C(=O)N(Cc3ccncc3)C2c2ccc(O)cc2)cc1C. The highest BCUT2D eigenvalue weighted by Gasteiger charge is 2.46. The van der Waals surface area contributed by atoms with Gasteiger partial charge in [0, 0.05) is 24.5 Å². The van der Waals surface area contributed by atoms with Crippen LogP contribution < -0.4 is 4.74 Å². The van der Waals surface area contributed by atoms with E-state index in [1.165, 1.54) is 17.0 Å². The van der Waals surface area contributed by atoms with Crippen LogP contribution in [0.4, 0.5) is 0 Å². The molecule has 1 amide bonds. The Bertz CT molecular complexity index is 1250. The molecule has 0 radical (unpaired) electrons. The van der Waals surface area contributed by atoms with E-state index in [0.29, 0.717) is 22.4 Å². The molecule has 2 N–H and O–H groups in total. The van der Waals surface area contributed by atoms with Crippen molar-refractivity contribution in [1.29, 1.82) is 0 Å². The van der Waals surface area contributed by atoms with E-state index in [2.05, 4.69) is 4.98 Å². The molecule has 2 aromatic carbocycles. The summed E-state index contributed by atoms with van der Waals surface area (Å²) in [6, 6.07) is 12.5. The fraction of sp³-hybridized carbons (Fsp3) is 0.192. The fourth-order valence-corrected chi connectivity index (χ4v) is 4.14. The molecule has 1 aromatic heterocycles. The number of phenols is 1. The number of ketones is 1. The fourth-order valence-electron chi connectivity index (χ4n) is 4.14. The van der Waals surface area contributed by atoms with Crippen LogP contribution in [-0.4, -0.2) is 38.9 Å². The van der Waals surface area contributed by atoms with Crippen molar-refractivity contribution in [2.24, 2.45) is 0 Å². The lowest BCUT2D eigenvalue weighted by molar-refractivity contribution is -0.140. The number of aliphatic hydroxyl groups excluding tert-OH is 1. The number of rotatable bonds is 5. The largest absolute Gasteiger partial charge is 0.508 e. The summed E-state index contributed by atoms with van der Waals surface area (Å²) in [5.74, 6) is -0.975. The molecule has 1 unspecified atom stereocenters. The zero-order valence-corrected chi connectivity index (χ0v) is 18.6. The van der Waals surface area contributed by atoms with Crippen molar-refractivity contribution in [1.82, 2.24) is 9.88 Å². The molecule has 3 aromatic rings. The van der Waals surface area contributed by atoms with Gasteiger partial charge in [-0.05, 0) is 72.5 Å². The van der Waals surface area contributed by atoms with Crippen LogP contribution in [0.25, 0.3) is 5.76 Å². The van der Waals surface area contributed by atoms with Gasteiger partial charge in [0.1, 0.15) is 17.3 Å². The number of aromatic hydroxyl groups is 1. The van der Waals surface area contributed by atoms with Gasteiger partial charge in [-0.15, -0.1) is 0 Å². The minimum atomic E-state index is -0.819.